The van der Waals surface area contributed by atoms with E-state index in [1.807, 2.05) is 6.07 Å². The summed E-state index contributed by atoms with van der Waals surface area (Å²) in [6, 6.07) is 28.0. The molecular formula is C29H23BrCl2. The quantitative estimate of drug-likeness (QED) is 0.216. The topological polar surface area (TPSA) is 0 Å². The van der Waals surface area contributed by atoms with E-state index in [-0.39, 0.29) is 5.41 Å². The summed E-state index contributed by atoms with van der Waals surface area (Å²) in [6.07, 6.45) is 1.74. The average molecular weight is 522 g/mol. The van der Waals surface area contributed by atoms with Crippen molar-refractivity contribution in [2.45, 2.75) is 32.1 Å². The number of hydrogen-bond donors (Lipinski definition) is 0. The molecule has 0 spiro atoms. The number of fused-ring (bicyclic) bond motifs is 6. The molecule has 4 aromatic carbocycles. The van der Waals surface area contributed by atoms with Gasteiger partial charge >= 0.3 is 0 Å². The van der Waals surface area contributed by atoms with Crippen LogP contribution in [0.1, 0.15) is 36.1 Å². The molecule has 1 aliphatic rings. The first-order chi connectivity index (χ1) is 15.4. The van der Waals surface area contributed by atoms with E-state index in [9.17, 15) is 0 Å². The molecule has 0 heterocycles. The molecular weight excluding hydrogens is 499 g/mol. The molecule has 4 aromatic rings. The normalized spacial score (nSPS) is 14.4. The van der Waals surface area contributed by atoms with E-state index in [1.165, 1.54) is 33.4 Å². The van der Waals surface area contributed by atoms with E-state index < -0.39 is 0 Å². The summed E-state index contributed by atoms with van der Waals surface area (Å²) in [7, 11) is 0. The summed E-state index contributed by atoms with van der Waals surface area (Å²) in [5.41, 5.74) is 9.69. The first kappa shape index (κ1) is 21.8. The highest BCUT2D eigenvalue weighted by atomic mass is 79.9. The van der Waals surface area contributed by atoms with Crippen molar-refractivity contribution in [2.24, 2.45) is 0 Å². The summed E-state index contributed by atoms with van der Waals surface area (Å²) in [4.78, 5) is 0. The molecule has 0 saturated carbocycles. The third kappa shape index (κ3) is 3.71. The molecule has 0 N–H and O–H groups in total. The van der Waals surface area contributed by atoms with Crippen molar-refractivity contribution in [2.75, 3.05) is 0 Å². The average Bonchev–Trinajstić information content (AvgIpc) is 2.79. The van der Waals surface area contributed by atoms with Crippen molar-refractivity contribution in [3.05, 3.63) is 116 Å². The summed E-state index contributed by atoms with van der Waals surface area (Å²) < 4.78 is 1.09. The van der Waals surface area contributed by atoms with Gasteiger partial charge in [-0.25, -0.2) is 0 Å². The first-order valence-electron chi connectivity index (χ1n) is 10.8. The fourth-order valence-electron chi connectivity index (χ4n) is 5.05. The van der Waals surface area contributed by atoms with Crippen molar-refractivity contribution in [3.8, 4) is 22.3 Å². The van der Waals surface area contributed by atoms with Crippen molar-refractivity contribution < 1.29 is 0 Å². The number of benzene rings is 4. The van der Waals surface area contributed by atoms with Crippen molar-refractivity contribution in [1.29, 1.82) is 0 Å². The molecule has 0 aliphatic heterocycles. The molecule has 0 bridgehead atoms. The maximum absolute atomic E-state index is 6.80. The van der Waals surface area contributed by atoms with Crippen LogP contribution in [0, 0.1) is 0 Å². The van der Waals surface area contributed by atoms with Gasteiger partial charge < -0.3 is 0 Å². The summed E-state index contributed by atoms with van der Waals surface area (Å²) in [5.74, 6) is 0. The fraction of sp³-hybridized carbons (Fsp3) is 0.172. The monoisotopic (exact) mass is 520 g/mol. The zero-order valence-corrected chi connectivity index (χ0v) is 21.2. The summed E-state index contributed by atoms with van der Waals surface area (Å²) >= 11 is 17.0. The number of halogens is 3. The molecule has 5 rings (SSSR count). The van der Waals surface area contributed by atoms with Crippen LogP contribution in [0.4, 0.5) is 0 Å². The number of rotatable bonds is 0. The van der Waals surface area contributed by atoms with Crippen molar-refractivity contribution >= 4 is 39.1 Å². The number of hydrogen-bond acceptors (Lipinski definition) is 0. The van der Waals surface area contributed by atoms with Crippen LogP contribution < -0.4 is 0 Å². The lowest BCUT2D eigenvalue weighted by molar-refractivity contribution is 0.644. The van der Waals surface area contributed by atoms with Crippen LogP contribution in [-0.2, 0) is 18.3 Å². The number of aryl methyl sites for hydroxylation is 1. The van der Waals surface area contributed by atoms with Gasteiger partial charge in [0, 0.05) is 19.9 Å². The highest BCUT2D eigenvalue weighted by Gasteiger charge is 2.30. The third-order valence-corrected chi connectivity index (χ3v) is 7.71. The van der Waals surface area contributed by atoms with Crippen LogP contribution >= 0.6 is 39.1 Å². The van der Waals surface area contributed by atoms with Crippen LogP contribution in [-0.4, -0.2) is 0 Å². The van der Waals surface area contributed by atoms with Gasteiger partial charge in [0.25, 0.3) is 0 Å². The second-order valence-corrected chi connectivity index (χ2v) is 10.7. The lowest BCUT2D eigenvalue weighted by Gasteiger charge is -2.31. The Labute approximate surface area is 208 Å². The van der Waals surface area contributed by atoms with E-state index in [0.717, 1.165) is 33.5 Å². The van der Waals surface area contributed by atoms with Gasteiger partial charge in [-0.3, -0.25) is 0 Å². The highest BCUT2D eigenvalue weighted by molar-refractivity contribution is 9.10. The zero-order valence-electron chi connectivity index (χ0n) is 18.1. The second kappa shape index (κ2) is 8.37. The Kier molecular flexibility index (Phi) is 5.70. The molecule has 0 unspecified atom stereocenters. The van der Waals surface area contributed by atoms with Gasteiger partial charge in [0.1, 0.15) is 0 Å². The molecule has 0 aromatic heterocycles. The fourth-order valence-corrected chi connectivity index (χ4v) is 6.00. The lowest BCUT2D eigenvalue weighted by atomic mass is 9.72. The van der Waals surface area contributed by atoms with Gasteiger partial charge in [0.2, 0.25) is 0 Å². The van der Waals surface area contributed by atoms with Crippen LogP contribution in [0.5, 0.6) is 0 Å². The van der Waals surface area contributed by atoms with Crippen LogP contribution in [0.2, 0.25) is 10.0 Å². The molecule has 0 atom stereocenters. The third-order valence-electron chi connectivity index (χ3n) is 6.66. The Balaban J connectivity index is 1.91. The van der Waals surface area contributed by atoms with Gasteiger partial charge in [0.15, 0.2) is 0 Å². The lowest BCUT2D eigenvalue weighted by Crippen LogP contribution is -2.21. The molecule has 1 aliphatic carbocycles. The van der Waals surface area contributed by atoms with Crippen molar-refractivity contribution in [1.82, 2.24) is 0 Å². The van der Waals surface area contributed by atoms with E-state index in [4.69, 9.17) is 23.2 Å². The molecule has 160 valence electrons. The van der Waals surface area contributed by atoms with Gasteiger partial charge in [-0.2, -0.15) is 0 Å². The van der Waals surface area contributed by atoms with Gasteiger partial charge in [-0.05, 0) is 81.6 Å². The Bertz CT molecular complexity index is 1340. The Hall–Kier alpha value is -2.06. The largest absolute Gasteiger partial charge is 0.0843 e. The Morgan fingerprint density at radius 1 is 0.688 bits per heavy atom. The molecule has 32 heavy (non-hydrogen) atoms. The van der Waals surface area contributed by atoms with Gasteiger partial charge in [0.05, 0.1) is 0 Å². The second-order valence-electron chi connectivity index (χ2n) is 8.93. The van der Waals surface area contributed by atoms with Crippen molar-refractivity contribution in [3.63, 3.8) is 0 Å². The minimum atomic E-state index is -0.233. The standard InChI is InChI=1S/C29H23BrCl2/c1-29(2)26-9-5-3-7-21(26)24-15-19(30)13-11-18(24)12-14-23-25(16-20(31)17-28(23)32)22-8-4-6-10-27(22)29/h3-11,13,15-17H,12,14H2,1-2H3. The molecule has 3 heteroatoms. The first-order valence-corrected chi connectivity index (χ1v) is 12.4. The molecule has 0 fully saturated rings. The molecule has 0 radical (unpaired) electrons. The van der Waals surface area contributed by atoms with E-state index >= 15 is 0 Å². The minimum absolute atomic E-state index is 0.233. The van der Waals surface area contributed by atoms with E-state index in [1.54, 1.807) is 0 Å². The van der Waals surface area contributed by atoms with Crippen LogP contribution in [0.15, 0.2) is 83.3 Å². The van der Waals surface area contributed by atoms with Gasteiger partial charge in [-0.1, -0.05) is 108 Å². The summed E-state index contributed by atoms with van der Waals surface area (Å²) in [6.45, 7) is 4.62. The maximum atomic E-state index is 6.80. The minimum Gasteiger partial charge on any atom is -0.0843 e. The predicted octanol–water partition coefficient (Wildman–Crippen LogP) is 9.51. The van der Waals surface area contributed by atoms with Crippen LogP contribution in [0.25, 0.3) is 22.3 Å². The molecule has 0 nitrogen and oxygen atoms in total. The SMILES string of the molecule is CC1(C)c2ccccc2-c2cc(Br)ccc2CCc2c(Cl)cc(Cl)cc2-c2ccccc21. The van der Waals surface area contributed by atoms with E-state index in [0.29, 0.717) is 5.02 Å². The zero-order chi connectivity index (χ0) is 22.5. The highest BCUT2D eigenvalue weighted by Crippen LogP contribution is 2.45. The van der Waals surface area contributed by atoms with E-state index in [2.05, 4.69) is 103 Å². The smallest absolute Gasteiger partial charge is 0.0459 e. The van der Waals surface area contributed by atoms with Gasteiger partial charge in [-0.15, -0.1) is 0 Å². The maximum Gasteiger partial charge on any atom is 0.0459 e. The van der Waals surface area contributed by atoms with Crippen LogP contribution in [0.3, 0.4) is 0 Å². The molecule has 0 amide bonds. The molecule has 0 saturated heterocycles. The summed E-state index contributed by atoms with van der Waals surface area (Å²) in [5, 5.41) is 1.40. The predicted molar refractivity (Wildman–Crippen MR) is 141 cm³/mol. The Morgan fingerprint density at radius 2 is 1.31 bits per heavy atom. The Morgan fingerprint density at radius 3 is 2.00 bits per heavy atom.